The van der Waals surface area contributed by atoms with Gasteiger partial charge in [-0.3, -0.25) is 0 Å². The number of nitrogens with one attached hydrogen (secondary N) is 1. The van der Waals surface area contributed by atoms with Crippen LogP contribution < -0.4 is 10.2 Å². The molecule has 0 heterocycles. The van der Waals surface area contributed by atoms with Gasteiger partial charge in [-0.15, -0.1) is 0 Å². The van der Waals surface area contributed by atoms with Crippen LogP contribution in [0, 0.1) is 0 Å². The first-order chi connectivity index (χ1) is 16.9. The van der Waals surface area contributed by atoms with Crippen molar-refractivity contribution in [1.82, 2.24) is 0 Å². The maximum atomic E-state index is 3.60. The Kier molecular flexibility index (Phi) is 5.17. The van der Waals surface area contributed by atoms with E-state index >= 15 is 0 Å². The van der Waals surface area contributed by atoms with Gasteiger partial charge in [-0.05, 0) is 59.3 Å². The summed E-state index contributed by atoms with van der Waals surface area (Å²) in [6.45, 7) is 0. The fourth-order valence-electron chi connectivity index (χ4n) is 4.59. The SMILES string of the molecule is c1ccc(N(c2ccc(Nc3cccc4ccccc34)cc2)c2cccc3ccccc23)cc1. The number of rotatable bonds is 5. The Morgan fingerprint density at radius 2 is 0.971 bits per heavy atom. The van der Waals surface area contributed by atoms with Gasteiger partial charge in [0.1, 0.15) is 0 Å². The Bertz CT molecular complexity index is 1560. The predicted molar refractivity (Wildman–Crippen MR) is 146 cm³/mol. The quantitative estimate of drug-likeness (QED) is 0.290. The summed E-state index contributed by atoms with van der Waals surface area (Å²) in [5, 5.41) is 8.51. The number of benzene rings is 6. The summed E-state index contributed by atoms with van der Waals surface area (Å²) in [6.07, 6.45) is 0. The molecular weight excluding hydrogens is 412 g/mol. The fourth-order valence-corrected chi connectivity index (χ4v) is 4.59. The van der Waals surface area contributed by atoms with Crippen LogP contribution in [0.25, 0.3) is 21.5 Å². The third-order valence-corrected chi connectivity index (χ3v) is 6.22. The van der Waals surface area contributed by atoms with Crippen LogP contribution in [-0.2, 0) is 0 Å². The van der Waals surface area contributed by atoms with Crippen molar-refractivity contribution in [3.63, 3.8) is 0 Å². The summed E-state index contributed by atoms with van der Waals surface area (Å²) in [7, 11) is 0. The molecule has 0 atom stereocenters. The molecule has 0 aromatic heterocycles. The summed E-state index contributed by atoms with van der Waals surface area (Å²) >= 11 is 0. The Balaban J connectivity index is 1.41. The zero-order valence-corrected chi connectivity index (χ0v) is 18.7. The monoisotopic (exact) mass is 436 g/mol. The standard InChI is InChI=1S/C32H24N2/c1-2-14-27(15-3-1)34(32-19-9-13-25-11-5-7-17-30(25)32)28-22-20-26(21-23-28)33-31-18-8-12-24-10-4-6-16-29(24)31/h1-23,33H. The van der Waals surface area contributed by atoms with Crippen LogP contribution >= 0.6 is 0 Å². The van der Waals surface area contributed by atoms with E-state index in [0.29, 0.717) is 0 Å². The number of fused-ring (bicyclic) bond motifs is 2. The smallest absolute Gasteiger partial charge is 0.0540 e. The number of anilines is 5. The van der Waals surface area contributed by atoms with Crippen LogP contribution in [0.1, 0.15) is 0 Å². The minimum atomic E-state index is 1.06. The second-order valence-electron chi connectivity index (χ2n) is 8.37. The first-order valence-corrected chi connectivity index (χ1v) is 11.5. The average Bonchev–Trinajstić information content (AvgIpc) is 2.91. The van der Waals surface area contributed by atoms with Gasteiger partial charge < -0.3 is 10.2 Å². The van der Waals surface area contributed by atoms with Gasteiger partial charge in [0.15, 0.2) is 0 Å². The van der Waals surface area contributed by atoms with E-state index in [1.165, 1.54) is 27.2 Å². The molecule has 0 aliphatic heterocycles. The topological polar surface area (TPSA) is 15.3 Å². The van der Waals surface area contributed by atoms with Crippen LogP contribution in [0.2, 0.25) is 0 Å². The molecule has 6 aromatic rings. The summed E-state index contributed by atoms with van der Waals surface area (Å²) in [4.78, 5) is 2.32. The molecular formula is C32H24N2. The highest BCUT2D eigenvalue weighted by Crippen LogP contribution is 2.39. The van der Waals surface area contributed by atoms with E-state index in [1.54, 1.807) is 0 Å². The van der Waals surface area contributed by atoms with E-state index in [-0.39, 0.29) is 0 Å². The van der Waals surface area contributed by atoms with E-state index in [0.717, 1.165) is 22.7 Å². The Hall–Kier alpha value is -4.56. The molecule has 0 radical (unpaired) electrons. The molecule has 0 aliphatic rings. The number of hydrogen-bond donors (Lipinski definition) is 1. The molecule has 0 amide bonds. The van der Waals surface area contributed by atoms with Crippen molar-refractivity contribution in [3.05, 3.63) is 140 Å². The zero-order chi connectivity index (χ0) is 22.7. The highest BCUT2D eigenvalue weighted by atomic mass is 15.1. The van der Waals surface area contributed by atoms with Crippen molar-refractivity contribution in [2.24, 2.45) is 0 Å². The molecule has 0 spiro atoms. The molecule has 34 heavy (non-hydrogen) atoms. The lowest BCUT2D eigenvalue weighted by atomic mass is 10.1. The second kappa shape index (κ2) is 8.76. The molecule has 6 aromatic carbocycles. The van der Waals surface area contributed by atoms with Gasteiger partial charge in [0, 0.05) is 33.5 Å². The normalized spacial score (nSPS) is 10.9. The summed E-state index contributed by atoms with van der Waals surface area (Å²) in [5.74, 6) is 0. The maximum absolute atomic E-state index is 3.60. The van der Waals surface area contributed by atoms with Crippen molar-refractivity contribution in [2.45, 2.75) is 0 Å². The van der Waals surface area contributed by atoms with Gasteiger partial charge in [-0.2, -0.15) is 0 Å². The van der Waals surface area contributed by atoms with Crippen LogP contribution in [-0.4, -0.2) is 0 Å². The molecule has 0 aliphatic carbocycles. The molecule has 6 rings (SSSR count). The van der Waals surface area contributed by atoms with Crippen LogP contribution in [0.3, 0.4) is 0 Å². The Morgan fingerprint density at radius 3 is 1.74 bits per heavy atom. The highest BCUT2D eigenvalue weighted by molar-refractivity contribution is 5.99. The molecule has 162 valence electrons. The third kappa shape index (κ3) is 3.76. The lowest BCUT2D eigenvalue weighted by Gasteiger charge is -2.27. The molecule has 2 heteroatoms. The van der Waals surface area contributed by atoms with Gasteiger partial charge in [0.2, 0.25) is 0 Å². The molecule has 0 fully saturated rings. The van der Waals surface area contributed by atoms with Crippen molar-refractivity contribution in [1.29, 1.82) is 0 Å². The van der Waals surface area contributed by atoms with Crippen LogP contribution in [0.4, 0.5) is 28.4 Å². The average molecular weight is 437 g/mol. The van der Waals surface area contributed by atoms with E-state index in [2.05, 4.69) is 150 Å². The maximum Gasteiger partial charge on any atom is 0.0540 e. The van der Waals surface area contributed by atoms with E-state index in [4.69, 9.17) is 0 Å². The van der Waals surface area contributed by atoms with Gasteiger partial charge >= 0.3 is 0 Å². The Morgan fingerprint density at radius 1 is 0.412 bits per heavy atom. The minimum Gasteiger partial charge on any atom is -0.355 e. The lowest BCUT2D eigenvalue weighted by molar-refractivity contribution is 1.30. The van der Waals surface area contributed by atoms with Gasteiger partial charge in [-0.25, -0.2) is 0 Å². The summed E-state index contributed by atoms with van der Waals surface area (Å²) in [5.41, 5.74) is 5.59. The van der Waals surface area contributed by atoms with Crippen molar-refractivity contribution in [3.8, 4) is 0 Å². The second-order valence-corrected chi connectivity index (χ2v) is 8.37. The number of hydrogen-bond acceptors (Lipinski definition) is 2. The van der Waals surface area contributed by atoms with Gasteiger partial charge in [0.25, 0.3) is 0 Å². The van der Waals surface area contributed by atoms with Crippen molar-refractivity contribution in [2.75, 3.05) is 10.2 Å². The summed E-state index contributed by atoms with van der Waals surface area (Å²) < 4.78 is 0. The molecule has 1 N–H and O–H groups in total. The molecule has 0 unspecified atom stereocenters. The van der Waals surface area contributed by atoms with E-state index in [1.807, 2.05) is 0 Å². The molecule has 0 saturated heterocycles. The first-order valence-electron chi connectivity index (χ1n) is 11.5. The number of nitrogens with zero attached hydrogens (tertiary/aromatic N) is 1. The predicted octanol–water partition coefficient (Wildman–Crippen LogP) is 9.21. The molecule has 0 saturated carbocycles. The van der Waals surface area contributed by atoms with E-state index < -0.39 is 0 Å². The molecule has 0 bridgehead atoms. The highest BCUT2D eigenvalue weighted by Gasteiger charge is 2.15. The van der Waals surface area contributed by atoms with E-state index in [9.17, 15) is 0 Å². The van der Waals surface area contributed by atoms with Gasteiger partial charge in [0.05, 0.1) is 5.69 Å². The van der Waals surface area contributed by atoms with Crippen LogP contribution in [0.5, 0.6) is 0 Å². The Labute approximate surface area is 199 Å². The third-order valence-electron chi connectivity index (χ3n) is 6.22. The van der Waals surface area contributed by atoms with Crippen molar-refractivity contribution >= 4 is 50.0 Å². The fraction of sp³-hybridized carbons (Fsp3) is 0. The van der Waals surface area contributed by atoms with Crippen LogP contribution in [0.15, 0.2) is 140 Å². The molecule has 2 nitrogen and oxygen atoms in total. The lowest BCUT2D eigenvalue weighted by Crippen LogP contribution is -2.10. The zero-order valence-electron chi connectivity index (χ0n) is 18.7. The largest absolute Gasteiger partial charge is 0.355 e. The van der Waals surface area contributed by atoms with Crippen molar-refractivity contribution < 1.29 is 0 Å². The van der Waals surface area contributed by atoms with Gasteiger partial charge in [-0.1, -0.05) is 91.0 Å². The first kappa shape index (κ1) is 20.1. The summed E-state index contributed by atoms with van der Waals surface area (Å²) in [6, 6.07) is 49.1. The number of para-hydroxylation sites is 1. The minimum absolute atomic E-state index is 1.06.